The zero-order chi connectivity index (χ0) is 21.4. The molecule has 0 N–H and O–H groups in total. The fourth-order valence-corrected chi connectivity index (χ4v) is 4.53. The molecule has 1 amide bonds. The fraction of sp³-hybridized carbons (Fsp3) is 0.333. The second kappa shape index (κ2) is 8.15. The van der Waals surface area contributed by atoms with Gasteiger partial charge in [-0.15, -0.1) is 0 Å². The van der Waals surface area contributed by atoms with E-state index in [1.54, 1.807) is 4.90 Å². The predicted octanol–water partition coefficient (Wildman–Crippen LogP) is 3.27. The number of ether oxygens (including phenoxy) is 1. The van der Waals surface area contributed by atoms with Gasteiger partial charge < -0.3 is 9.64 Å². The molecule has 0 aliphatic carbocycles. The van der Waals surface area contributed by atoms with Crippen LogP contribution in [0, 0.1) is 12.7 Å². The molecule has 2 aromatic carbocycles. The Morgan fingerprint density at radius 2 is 1.71 bits per heavy atom. The smallest absolute Gasteiger partial charge is 0.277 e. The lowest BCUT2D eigenvalue weighted by Crippen LogP contribution is -2.50. The van der Waals surface area contributed by atoms with Crippen LogP contribution in [0.15, 0.2) is 54.6 Å². The van der Waals surface area contributed by atoms with Crippen molar-refractivity contribution >= 4 is 5.91 Å². The molecule has 3 aromatic rings. The quantitative estimate of drug-likeness (QED) is 0.650. The highest BCUT2D eigenvalue weighted by Gasteiger charge is 2.33. The number of rotatable bonds is 4. The third kappa shape index (κ3) is 3.59. The number of aromatic nitrogens is 2. The number of hydrogen-bond donors (Lipinski definition) is 0. The summed E-state index contributed by atoms with van der Waals surface area (Å²) < 4.78 is 21.2. The van der Waals surface area contributed by atoms with Crippen molar-refractivity contribution < 1.29 is 13.9 Å². The number of piperazine rings is 1. The van der Waals surface area contributed by atoms with E-state index in [0.717, 1.165) is 0 Å². The summed E-state index contributed by atoms with van der Waals surface area (Å²) in [5, 5.41) is 4.14. The van der Waals surface area contributed by atoms with Crippen molar-refractivity contribution in [3.63, 3.8) is 0 Å². The van der Waals surface area contributed by atoms with Crippen molar-refractivity contribution in [2.45, 2.75) is 19.5 Å². The van der Waals surface area contributed by atoms with Crippen LogP contribution in [-0.2, 0) is 6.54 Å². The minimum Gasteiger partial charge on any atom is -0.474 e. The highest BCUT2D eigenvalue weighted by Crippen LogP contribution is 2.32. The summed E-state index contributed by atoms with van der Waals surface area (Å²) in [5.74, 6) is -0.938. The van der Waals surface area contributed by atoms with Gasteiger partial charge in [-0.2, -0.15) is 9.49 Å². The van der Waals surface area contributed by atoms with Gasteiger partial charge in [0.1, 0.15) is 6.61 Å². The van der Waals surface area contributed by atoms with Gasteiger partial charge in [0.2, 0.25) is 11.7 Å². The van der Waals surface area contributed by atoms with Gasteiger partial charge in [-0.3, -0.25) is 9.69 Å². The molecular formula is C24H25FN4O2. The van der Waals surface area contributed by atoms with E-state index < -0.39 is 5.82 Å². The Morgan fingerprint density at radius 1 is 1.00 bits per heavy atom. The van der Waals surface area contributed by atoms with E-state index in [1.807, 2.05) is 6.07 Å². The molecule has 2 aliphatic rings. The summed E-state index contributed by atoms with van der Waals surface area (Å²) in [4.78, 5) is 17.0. The molecule has 6 nitrogen and oxygen atoms in total. The topological polar surface area (TPSA) is 50.6 Å². The number of benzene rings is 2. The predicted molar refractivity (Wildman–Crippen MR) is 115 cm³/mol. The number of halogens is 1. The van der Waals surface area contributed by atoms with Crippen molar-refractivity contribution in [1.82, 2.24) is 19.6 Å². The number of fused-ring (bicyclic) bond motifs is 1. The van der Waals surface area contributed by atoms with Gasteiger partial charge in [-0.1, -0.05) is 54.6 Å². The Hall–Kier alpha value is -3.19. The molecule has 7 heteroatoms. The molecule has 0 spiro atoms. The zero-order valence-electron chi connectivity index (χ0n) is 17.5. The minimum absolute atomic E-state index is 0.0747. The molecule has 1 saturated heterocycles. The van der Waals surface area contributed by atoms with Crippen LogP contribution in [-0.4, -0.2) is 58.3 Å². The second-order valence-electron chi connectivity index (χ2n) is 8.04. The Bertz CT molecular complexity index is 1090. The van der Waals surface area contributed by atoms with E-state index >= 15 is 0 Å². The van der Waals surface area contributed by atoms with Crippen LogP contribution in [0.2, 0.25) is 0 Å². The third-order valence-corrected chi connectivity index (χ3v) is 6.16. The van der Waals surface area contributed by atoms with Crippen molar-refractivity contribution in [3.8, 4) is 5.88 Å². The standard InChI is InChI=1S/C24H25FN4O2/c1-17-7-5-6-10-19(17)22(18-8-3-2-4-9-18)27-11-13-28(14-12-27)23(30)21-20(25)24-29(26-21)15-16-31-24/h2-10,22H,11-16H2,1H3. The molecule has 1 aromatic heterocycles. The fourth-order valence-electron chi connectivity index (χ4n) is 4.53. The first-order valence-corrected chi connectivity index (χ1v) is 10.7. The van der Waals surface area contributed by atoms with Crippen LogP contribution in [0.1, 0.15) is 33.2 Å². The van der Waals surface area contributed by atoms with Gasteiger partial charge in [-0.25, -0.2) is 4.68 Å². The van der Waals surface area contributed by atoms with Crippen molar-refractivity contribution in [2.75, 3.05) is 32.8 Å². The lowest BCUT2D eigenvalue weighted by Gasteiger charge is -2.40. The minimum atomic E-state index is -0.646. The van der Waals surface area contributed by atoms with Gasteiger partial charge in [-0.05, 0) is 23.6 Å². The van der Waals surface area contributed by atoms with E-state index in [1.165, 1.54) is 21.4 Å². The number of amides is 1. The van der Waals surface area contributed by atoms with Crippen LogP contribution >= 0.6 is 0 Å². The Labute approximate surface area is 180 Å². The van der Waals surface area contributed by atoms with Crippen LogP contribution in [0.4, 0.5) is 4.39 Å². The normalized spacial score (nSPS) is 17.3. The summed E-state index contributed by atoms with van der Waals surface area (Å²) in [6.45, 7) is 5.45. The maximum atomic E-state index is 14.6. The molecule has 0 radical (unpaired) electrons. The lowest BCUT2D eigenvalue weighted by molar-refractivity contribution is 0.0585. The average molecular weight is 420 g/mol. The molecule has 1 unspecified atom stereocenters. The number of hydrogen-bond acceptors (Lipinski definition) is 4. The monoisotopic (exact) mass is 420 g/mol. The number of carbonyl (C=O) groups excluding carboxylic acids is 1. The average Bonchev–Trinajstić information content (AvgIpc) is 3.39. The zero-order valence-corrected chi connectivity index (χ0v) is 17.5. The van der Waals surface area contributed by atoms with E-state index in [0.29, 0.717) is 39.3 Å². The van der Waals surface area contributed by atoms with Crippen molar-refractivity contribution in [2.24, 2.45) is 0 Å². The first-order valence-electron chi connectivity index (χ1n) is 10.7. The van der Waals surface area contributed by atoms with Crippen LogP contribution < -0.4 is 4.74 Å². The van der Waals surface area contributed by atoms with Crippen LogP contribution in [0.25, 0.3) is 0 Å². The number of nitrogens with zero attached hydrogens (tertiary/aromatic N) is 4. The van der Waals surface area contributed by atoms with Crippen LogP contribution in [0.3, 0.4) is 0 Å². The van der Waals surface area contributed by atoms with E-state index in [-0.39, 0.29) is 23.5 Å². The first-order chi connectivity index (χ1) is 15.1. The summed E-state index contributed by atoms with van der Waals surface area (Å²) in [6.07, 6.45) is 0. The Morgan fingerprint density at radius 3 is 2.42 bits per heavy atom. The third-order valence-electron chi connectivity index (χ3n) is 6.16. The maximum absolute atomic E-state index is 14.6. The largest absolute Gasteiger partial charge is 0.474 e. The van der Waals surface area contributed by atoms with Gasteiger partial charge in [0.25, 0.3) is 5.91 Å². The molecule has 1 atom stereocenters. The van der Waals surface area contributed by atoms with E-state index in [4.69, 9.17) is 4.74 Å². The summed E-state index contributed by atoms with van der Waals surface area (Å²) >= 11 is 0. The Balaban J connectivity index is 1.35. The molecule has 160 valence electrons. The molecule has 31 heavy (non-hydrogen) atoms. The van der Waals surface area contributed by atoms with Crippen molar-refractivity contribution in [1.29, 1.82) is 0 Å². The molecule has 5 rings (SSSR count). The highest BCUT2D eigenvalue weighted by molar-refractivity contribution is 5.93. The SMILES string of the molecule is Cc1ccccc1C(c1ccccc1)N1CCN(C(=O)c2nn3c(c2F)OCC3)CC1. The summed E-state index contributed by atoms with van der Waals surface area (Å²) in [6, 6.07) is 19.0. The maximum Gasteiger partial charge on any atom is 0.277 e. The molecular weight excluding hydrogens is 395 g/mol. The highest BCUT2D eigenvalue weighted by atomic mass is 19.1. The molecule has 1 fully saturated rings. The van der Waals surface area contributed by atoms with Gasteiger partial charge in [0.15, 0.2) is 5.69 Å². The molecule has 3 heterocycles. The van der Waals surface area contributed by atoms with Gasteiger partial charge >= 0.3 is 0 Å². The summed E-state index contributed by atoms with van der Waals surface area (Å²) in [7, 11) is 0. The molecule has 2 aliphatic heterocycles. The van der Waals surface area contributed by atoms with Gasteiger partial charge in [0, 0.05) is 26.2 Å². The summed E-state index contributed by atoms with van der Waals surface area (Å²) in [5.41, 5.74) is 3.60. The van der Waals surface area contributed by atoms with Gasteiger partial charge in [0.05, 0.1) is 12.6 Å². The van der Waals surface area contributed by atoms with E-state index in [9.17, 15) is 9.18 Å². The molecule has 0 saturated carbocycles. The second-order valence-corrected chi connectivity index (χ2v) is 8.04. The number of aryl methyl sites for hydroxylation is 1. The van der Waals surface area contributed by atoms with E-state index in [2.05, 4.69) is 65.5 Å². The molecule has 0 bridgehead atoms. The van der Waals surface area contributed by atoms with Crippen LogP contribution in [0.5, 0.6) is 5.88 Å². The first kappa shape index (κ1) is 19.8. The lowest BCUT2D eigenvalue weighted by atomic mass is 9.93. The van der Waals surface area contributed by atoms with Crippen molar-refractivity contribution in [3.05, 3.63) is 82.8 Å². The Kier molecular flexibility index (Phi) is 5.19. The number of carbonyl (C=O) groups is 1.